The van der Waals surface area contributed by atoms with Crippen LogP contribution in [0.4, 0.5) is 0 Å². The van der Waals surface area contributed by atoms with Gasteiger partial charge in [-0.2, -0.15) is 0 Å². The van der Waals surface area contributed by atoms with Crippen molar-refractivity contribution >= 4 is 27.5 Å². The average Bonchev–Trinajstić information content (AvgIpc) is 3.06. The van der Waals surface area contributed by atoms with Crippen molar-refractivity contribution in [2.45, 2.75) is 6.61 Å². The second-order valence-electron chi connectivity index (χ2n) is 5.62. The van der Waals surface area contributed by atoms with Crippen LogP contribution in [0.15, 0.2) is 66.7 Å². The number of benzene rings is 3. The minimum atomic E-state index is -0.0710. The summed E-state index contributed by atoms with van der Waals surface area (Å²) in [5.74, 6) is -0.0689. The summed E-state index contributed by atoms with van der Waals surface area (Å²) < 4.78 is 0. The van der Waals surface area contributed by atoms with Gasteiger partial charge in [0.25, 0.3) is 0 Å². The maximum absolute atomic E-state index is 12.7. The van der Waals surface area contributed by atoms with Gasteiger partial charge in [0, 0.05) is 16.5 Å². The monoisotopic (exact) mass is 301 g/mol. The molecule has 23 heavy (non-hydrogen) atoms. The molecule has 2 N–H and O–H groups in total. The Balaban J connectivity index is 1.85. The molecule has 0 saturated carbocycles. The first-order valence-corrected chi connectivity index (χ1v) is 7.51. The summed E-state index contributed by atoms with van der Waals surface area (Å²) in [5.41, 5.74) is 2.82. The van der Waals surface area contributed by atoms with E-state index in [1.807, 2.05) is 24.3 Å². The van der Waals surface area contributed by atoms with E-state index in [1.54, 1.807) is 24.3 Å². The molecule has 0 amide bonds. The van der Waals surface area contributed by atoms with Crippen molar-refractivity contribution in [3.8, 4) is 0 Å². The number of fused-ring (bicyclic) bond motifs is 3. The Morgan fingerprint density at radius 1 is 0.913 bits per heavy atom. The van der Waals surface area contributed by atoms with E-state index >= 15 is 0 Å². The highest BCUT2D eigenvalue weighted by Crippen LogP contribution is 2.26. The van der Waals surface area contributed by atoms with Gasteiger partial charge < -0.3 is 10.1 Å². The van der Waals surface area contributed by atoms with E-state index in [9.17, 15) is 9.90 Å². The van der Waals surface area contributed by atoms with Gasteiger partial charge in [0.05, 0.1) is 12.3 Å². The predicted octanol–water partition coefficient (Wildman–Crippen LogP) is 4.04. The molecule has 4 aromatic rings. The SMILES string of the molecule is O=C(c1cccc(CO)c1)c1cc2c(ccc3ccccc32)[nH]1. The lowest BCUT2D eigenvalue weighted by Crippen LogP contribution is -2.02. The van der Waals surface area contributed by atoms with Gasteiger partial charge >= 0.3 is 0 Å². The third-order valence-electron chi connectivity index (χ3n) is 4.15. The highest BCUT2D eigenvalue weighted by atomic mass is 16.3. The fraction of sp³-hybridized carbons (Fsp3) is 0.0500. The Kier molecular flexibility index (Phi) is 3.21. The number of carbonyl (C=O) groups excluding carboxylic acids is 1. The van der Waals surface area contributed by atoms with Crippen LogP contribution in [0.25, 0.3) is 21.7 Å². The van der Waals surface area contributed by atoms with E-state index in [0.717, 1.165) is 27.2 Å². The lowest BCUT2D eigenvalue weighted by atomic mass is 10.0. The largest absolute Gasteiger partial charge is 0.392 e. The van der Waals surface area contributed by atoms with Crippen LogP contribution >= 0.6 is 0 Å². The fourth-order valence-electron chi connectivity index (χ4n) is 2.97. The smallest absolute Gasteiger partial charge is 0.209 e. The van der Waals surface area contributed by atoms with Gasteiger partial charge in [-0.15, -0.1) is 0 Å². The first kappa shape index (κ1) is 13.7. The average molecular weight is 301 g/mol. The van der Waals surface area contributed by atoms with Gasteiger partial charge in [-0.05, 0) is 34.5 Å². The molecule has 0 bridgehead atoms. The van der Waals surface area contributed by atoms with E-state index in [1.165, 1.54) is 0 Å². The van der Waals surface area contributed by atoms with Gasteiger partial charge in [-0.3, -0.25) is 4.79 Å². The third-order valence-corrected chi connectivity index (χ3v) is 4.15. The Bertz CT molecular complexity index is 1030. The molecule has 112 valence electrons. The first-order chi connectivity index (χ1) is 11.3. The number of rotatable bonds is 3. The van der Waals surface area contributed by atoms with Crippen molar-refractivity contribution in [1.82, 2.24) is 4.98 Å². The van der Waals surface area contributed by atoms with Gasteiger partial charge in [0.2, 0.25) is 5.78 Å². The lowest BCUT2D eigenvalue weighted by molar-refractivity contribution is 0.103. The molecule has 0 atom stereocenters. The Labute approximate surface area is 133 Å². The Hall–Kier alpha value is -2.91. The van der Waals surface area contributed by atoms with Crippen molar-refractivity contribution in [1.29, 1.82) is 0 Å². The van der Waals surface area contributed by atoms with Crippen LogP contribution in [0.1, 0.15) is 21.6 Å². The zero-order chi connectivity index (χ0) is 15.8. The molecular formula is C20H15NO2. The van der Waals surface area contributed by atoms with Crippen molar-refractivity contribution in [3.63, 3.8) is 0 Å². The van der Waals surface area contributed by atoms with Gasteiger partial charge in [-0.25, -0.2) is 0 Å². The Morgan fingerprint density at radius 3 is 2.65 bits per heavy atom. The van der Waals surface area contributed by atoms with Gasteiger partial charge in [-0.1, -0.05) is 48.5 Å². The van der Waals surface area contributed by atoms with Crippen LogP contribution in [-0.4, -0.2) is 15.9 Å². The number of aliphatic hydroxyl groups is 1. The third kappa shape index (κ3) is 2.31. The Morgan fingerprint density at radius 2 is 1.78 bits per heavy atom. The number of hydrogen-bond acceptors (Lipinski definition) is 2. The fourth-order valence-corrected chi connectivity index (χ4v) is 2.97. The van der Waals surface area contributed by atoms with E-state index < -0.39 is 0 Å². The summed E-state index contributed by atoms with van der Waals surface area (Å²) in [6, 6.07) is 21.2. The van der Waals surface area contributed by atoms with Crippen molar-refractivity contribution in [3.05, 3.63) is 83.6 Å². The minimum absolute atomic E-state index is 0.0689. The van der Waals surface area contributed by atoms with Crippen molar-refractivity contribution < 1.29 is 9.90 Å². The quantitative estimate of drug-likeness (QED) is 0.561. The highest BCUT2D eigenvalue weighted by Gasteiger charge is 2.13. The van der Waals surface area contributed by atoms with Crippen molar-refractivity contribution in [2.24, 2.45) is 0 Å². The molecular weight excluding hydrogens is 286 g/mol. The summed E-state index contributed by atoms with van der Waals surface area (Å²) in [6.45, 7) is -0.0710. The van der Waals surface area contributed by atoms with Crippen LogP contribution in [-0.2, 0) is 6.61 Å². The maximum atomic E-state index is 12.7. The number of ketones is 1. The van der Waals surface area contributed by atoms with Crippen LogP contribution in [0.3, 0.4) is 0 Å². The molecule has 0 saturated heterocycles. The molecule has 4 rings (SSSR count). The molecule has 0 aliphatic rings. The molecule has 0 aliphatic heterocycles. The number of aromatic nitrogens is 1. The minimum Gasteiger partial charge on any atom is -0.392 e. The maximum Gasteiger partial charge on any atom is 0.209 e. The number of H-pyrrole nitrogens is 1. The standard InChI is InChI=1S/C20H15NO2/c22-12-13-4-3-6-15(10-13)20(23)19-11-17-16-7-2-1-5-14(16)8-9-18(17)21-19/h1-11,21-22H,12H2. The normalized spacial score (nSPS) is 11.2. The molecule has 0 unspecified atom stereocenters. The summed E-state index contributed by atoms with van der Waals surface area (Å²) in [7, 11) is 0. The zero-order valence-corrected chi connectivity index (χ0v) is 12.4. The van der Waals surface area contributed by atoms with Crippen molar-refractivity contribution in [2.75, 3.05) is 0 Å². The van der Waals surface area contributed by atoms with Gasteiger partial charge in [0.15, 0.2) is 0 Å². The number of carbonyl (C=O) groups is 1. The molecule has 3 nitrogen and oxygen atoms in total. The molecule has 0 aliphatic carbocycles. The van der Waals surface area contributed by atoms with Crippen LogP contribution in [0, 0.1) is 0 Å². The van der Waals surface area contributed by atoms with Crippen LogP contribution in [0.2, 0.25) is 0 Å². The summed E-state index contributed by atoms with van der Waals surface area (Å²) >= 11 is 0. The van der Waals surface area contributed by atoms with E-state index in [0.29, 0.717) is 11.3 Å². The van der Waals surface area contributed by atoms with Crippen LogP contribution < -0.4 is 0 Å². The lowest BCUT2D eigenvalue weighted by Gasteiger charge is -2.01. The number of hydrogen-bond donors (Lipinski definition) is 2. The number of nitrogens with one attached hydrogen (secondary N) is 1. The summed E-state index contributed by atoms with van der Waals surface area (Å²) in [6.07, 6.45) is 0. The molecule has 0 radical (unpaired) electrons. The molecule has 3 heteroatoms. The number of aromatic amines is 1. The van der Waals surface area contributed by atoms with E-state index in [4.69, 9.17) is 0 Å². The second-order valence-corrected chi connectivity index (χ2v) is 5.62. The summed E-state index contributed by atoms with van der Waals surface area (Å²) in [4.78, 5) is 15.9. The van der Waals surface area contributed by atoms with Gasteiger partial charge in [0.1, 0.15) is 0 Å². The van der Waals surface area contributed by atoms with E-state index in [-0.39, 0.29) is 12.4 Å². The predicted molar refractivity (Wildman–Crippen MR) is 91.6 cm³/mol. The van der Waals surface area contributed by atoms with Crippen LogP contribution in [0.5, 0.6) is 0 Å². The molecule has 1 aromatic heterocycles. The molecule has 0 fully saturated rings. The topological polar surface area (TPSA) is 53.1 Å². The number of aliphatic hydroxyl groups excluding tert-OH is 1. The second kappa shape index (κ2) is 5.38. The first-order valence-electron chi connectivity index (χ1n) is 7.51. The summed E-state index contributed by atoms with van der Waals surface area (Å²) in [5, 5.41) is 12.6. The molecule has 0 spiro atoms. The highest BCUT2D eigenvalue weighted by molar-refractivity contribution is 6.14. The zero-order valence-electron chi connectivity index (χ0n) is 12.4. The molecule has 1 heterocycles. The molecule has 3 aromatic carbocycles. The van der Waals surface area contributed by atoms with E-state index in [2.05, 4.69) is 23.2 Å².